The van der Waals surface area contributed by atoms with E-state index in [9.17, 15) is 0 Å². The van der Waals surface area contributed by atoms with E-state index in [0.29, 0.717) is 17.9 Å². The highest BCUT2D eigenvalue weighted by Gasteiger charge is 2.44. The van der Waals surface area contributed by atoms with Crippen LogP contribution in [0.1, 0.15) is 115 Å². The lowest BCUT2D eigenvalue weighted by Gasteiger charge is -2.44. The van der Waals surface area contributed by atoms with E-state index >= 15 is 0 Å². The Morgan fingerprint density at radius 1 is 0.781 bits per heavy atom. The van der Waals surface area contributed by atoms with Crippen molar-refractivity contribution in [2.75, 3.05) is 6.54 Å². The number of hydrogen-bond acceptors (Lipinski definition) is 5. The number of amidine groups is 2. The van der Waals surface area contributed by atoms with Crippen molar-refractivity contribution in [1.82, 2.24) is 15.2 Å². The number of benzene rings is 2. The van der Waals surface area contributed by atoms with Gasteiger partial charge in [0.1, 0.15) is 11.7 Å². The molecule has 0 saturated heterocycles. The SMILES string of the molecule is CC1(C2=CCCC=C2C2CC=CCC2)CNC(C2=C3Sc4cc5c(cc4C3CC=C2)c2ccccc2n5C2C=CC=CC2)=C(C2=NC(C3(C)C=CCCC3)N=C(C3=CCCC=C3)N2)C1. The number of aliphatic imine (C=N–C) groups is 2. The van der Waals surface area contributed by atoms with Crippen LogP contribution in [0.15, 0.2) is 181 Å². The highest BCUT2D eigenvalue weighted by molar-refractivity contribution is 8.03. The van der Waals surface area contributed by atoms with Gasteiger partial charge in [-0.1, -0.05) is 135 Å². The fourth-order valence-electron chi connectivity index (χ4n) is 12.4. The Labute approximate surface area is 383 Å². The largest absolute Gasteiger partial charge is 0.383 e. The van der Waals surface area contributed by atoms with Crippen LogP contribution in [0.3, 0.4) is 0 Å². The number of thioether (sulfide) groups is 1. The van der Waals surface area contributed by atoms with Crippen molar-refractivity contribution in [3.8, 4) is 0 Å². The maximum absolute atomic E-state index is 5.76. The third kappa shape index (κ3) is 6.89. The van der Waals surface area contributed by atoms with Crippen molar-refractivity contribution < 1.29 is 0 Å². The minimum atomic E-state index is -0.202. The first kappa shape index (κ1) is 40.2. The molecule has 6 atom stereocenters. The molecule has 0 spiro atoms. The number of hydrogen-bond donors (Lipinski definition) is 2. The molecule has 6 aliphatic carbocycles. The molecule has 3 aliphatic heterocycles. The summed E-state index contributed by atoms with van der Waals surface area (Å²) in [6.07, 6.45) is 49.8. The number of aromatic nitrogens is 1. The molecule has 0 fully saturated rings. The summed E-state index contributed by atoms with van der Waals surface area (Å²) >= 11 is 2.01. The number of rotatable bonds is 7. The van der Waals surface area contributed by atoms with Crippen LogP contribution in [0, 0.1) is 16.7 Å². The highest BCUT2D eigenvalue weighted by Crippen LogP contribution is 2.57. The molecule has 324 valence electrons. The minimum absolute atomic E-state index is 0.103. The monoisotopic (exact) mass is 859 g/mol. The molecule has 4 heterocycles. The molecule has 0 amide bonds. The molecule has 0 saturated carbocycles. The molecular formula is C58H61N5S. The lowest BCUT2D eigenvalue weighted by molar-refractivity contribution is 0.297. The van der Waals surface area contributed by atoms with Crippen molar-refractivity contribution >= 4 is 45.2 Å². The minimum Gasteiger partial charge on any atom is -0.383 e. The first-order chi connectivity index (χ1) is 31.4. The van der Waals surface area contributed by atoms with Crippen LogP contribution in [0.25, 0.3) is 21.8 Å². The van der Waals surface area contributed by atoms with Gasteiger partial charge in [-0.25, -0.2) is 9.98 Å². The summed E-state index contributed by atoms with van der Waals surface area (Å²) < 4.78 is 2.60. The molecule has 0 radical (unpaired) electrons. The van der Waals surface area contributed by atoms with Gasteiger partial charge >= 0.3 is 0 Å². The third-order valence-electron chi connectivity index (χ3n) is 15.8. The van der Waals surface area contributed by atoms with Gasteiger partial charge in [0, 0.05) is 71.8 Å². The normalized spacial score (nSPS) is 31.0. The van der Waals surface area contributed by atoms with E-state index in [0.717, 1.165) is 82.4 Å². The Balaban J connectivity index is 1.01. The summed E-state index contributed by atoms with van der Waals surface area (Å²) in [6.45, 7) is 5.81. The van der Waals surface area contributed by atoms with E-state index in [1.807, 2.05) is 11.8 Å². The summed E-state index contributed by atoms with van der Waals surface area (Å²) in [5.41, 5.74) is 12.1. The van der Waals surface area contributed by atoms with Crippen LogP contribution in [-0.4, -0.2) is 28.9 Å². The summed E-state index contributed by atoms with van der Waals surface area (Å²) in [6, 6.07) is 14.4. The van der Waals surface area contributed by atoms with Crippen LogP contribution in [0.2, 0.25) is 0 Å². The molecule has 12 rings (SSSR count). The van der Waals surface area contributed by atoms with Crippen molar-refractivity contribution in [2.24, 2.45) is 26.7 Å². The first-order valence-electron chi connectivity index (χ1n) is 24.4. The molecule has 1 aromatic heterocycles. The predicted molar refractivity (Wildman–Crippen MR) is 270 cm³/mol. The van der Waals surface area contributed by atoms with E-state index in [2.05, 4.69) is 157 Å². The molecule has 6 unspecified atom stereocenters. The van der Waals surface area contributed by atoms with Crippen LogP contribution in [0.5, 0.6) is 0 Å². The van der Waals surface area contributed by atoms with E-state index in [1.54, 1.807) is 11.1 Å². The fraction of sp³-hybridized carbons (Fsp3) is 0.379. The van der Waals surface area contributed by atoms with Gasteiger partial charge in [0.25, 0.3) is 0 Å². The quantitative estimate of drug-likeness (QED) is 0.233. The lowest BCUT2D eigenvalue weighted by Crippen LogP contribution is -2.47. The van der Waals surface area contributed by atoms with Crippen molar-refractivity contribution in [3.63, 3.8) is 0 Å². The highest BCUT2D eigenvalue weighted by atomic mass is 32.2. The van der Waals surface area contributed by atoms with Gasteiger partial charge in [-0.2, -0.15) is 0 Å². The number of nitrogens with one attached hydrogen (secondary N) is 2. The van der Waals surface area contributed by atoms with Crippen LogP contribution in [-0.2, 0) is 0 Å². The predicted octanol–water partition coefficient (Wildman–Crippen LogP) is 14.3. The Hall–Kier alpha value is -5.33. The Morgan fingerprint density at radius 2 is 1.69 bits per heavy atom. The average Bonchev–Trinajstić information content (AvgIpc) is 3.89. The zero-order valence-electron chi connectivity index (χ0n) is 37.6. The van der Waals surface area contributed by atoms with Crippen LogP contribution >= 0.6 is 11.8 Å². The second-order valence-electron chi connectivity index (χ2n) is 20.2. The zero-order valence-corrected chi connectivity index (χ0v) is 38.4. The Bertz CT molecular complexity index is 2870. The Morgan fingerprint density at radius 3 is 2.53 bits per heavy atom. The molecule has 2 N–H and O–H groups in total. The average molecular weight is 860 g/mol. The summed E-state index contributed by atoms with van der Waals surface area (Å²) in [5.74, 6) is 2.87. The summed E-state index contributed by atoms with van der Waals surface area (Å²) in [7, 11) is 0. The number of para-hydroxylation sites is 1. The molecular weight excluding hydrogens is 799 g/mol. The van der Waals surface area contributed by atoms with Gasteiger partial charge in [-0.05, 0) is 124 Å². The first-order valence-corrected chi connectivity index (χ1v) is 25.3. The topological polar surface area (TPSA) is 53.7 Å². The lowest BCUT2D eigenvalue weighted by atomic mass is 9.66. The number of fused-ring (bicyclic) bond motifs is 6. The van der Waals surface area contributed by atoms with Gasteiger partial charge < -0.3 is 15.2 Å². The van der Waals surface area contributed by atoms with Crippen molar-refractivity contribution in [1.29, 1.82) is 0 Å². The zero-order chi connectivity index (χ0) is 42.8. The third-order valence-corrected chi connectivity index (χ3v) is 17.1. The maximum atomic E-state index is 5.76. The van der Waals surface area contributed by atoms with Gasteiger partial charge in [0.05, 0.1) is 11.6 Å². The van der Waals surface area contributed by atoms with Crippen molar-refractivity contribution in [2.45, 2.75) is 120 Å². The summed E-state index contributed by atoms with van der Waals surface area (Å²) in [4.78, 5) is 14.1. The Kier molecular flexibility index (Phi) is 10.2. The van der Waals surface area contributed by atoms with E-state index in [4.69, 9.17) is 9.98 Å². The molecule has 6 heteroatoms. The molecule has 0 bridgehead atoms. The number of nitrogens with zero attached hydrogens (tertiary/aromatic N) is 3. The molecule has 9 aliphatic rings. The van der Waals surface area contributed by atoms with Crippen LogP contribution < -0.4 is 10.6 Å². The summed E-state index contributed by atoms with van der Waals surface area (Å²) in [5, 5.41) is 10.9. The molecule has 3 aromatic rings. The van der Waals surface area contributed by atoms with Gasteiger partial charge in [0.15, 0.2) is 6.17 Å². The van der Waals surface area contributed by atoms with Gasteiger partial charge in [-0.3, -0.25) is 0 Å². The van der Waals surface area contributed by atoms with E-state index in [-0.39, 0.29) is 17.0 Å². The molecule has 64 heavy (non-hydrogen) atoms. The maximum Gasteiger partial charge on any atom is 0.153 e. The van der Waals surface area contributed by atoms with Crippen LogP contribution in [0.4, 0.5) is 0 Å². The van der Waals surface area contributed by atoms with E-state index < -0.39 is 0 Å². The van der Waals surface area contributed by atoms with Gasteiger partial charge in [-0.15, -0.1) is 0 Å². The van der Waals surface area contributed by atoms with Crippen molar-refractivity contribution in [3.05, 3.63) is 172 Å². The molecule has 5 nitrogen and oxygen atoms in total. The smallest absolute Gasteiger partial charge is 0.153 e. The fourth-order valence-corrected chi connectivity index (χ4v) is 13.7. The number of allylic oxidation sites excluding steroid dienone is 15. The molecule has 2 aromatic carbocycles. The van der Waals surface area contributed by atoms with Gasteiger partial charge in [0.2, 0.25) is 0 Å². The second-order valence-corrected chi connectivity index (χ2v) is 21.2. The second kappa shape index (κ2) is 16.3. The standard InChI is InChI=1S/C58H61N5S/c1-57(32-17-6-18-33-57)56-61-54(39-22-9-4-10-23-39)60-55(62-56)47-36-58(2,48-30-15-13-26-41(48)38-20-7-3-8-21-38)37-59-52(47)44-29-19-28-43-46-34-45-42-27-14-16-31-49(42)63(40-24-11-5-12-25-40)50(45)35-51(46)64-53(43)44/h3,5,7,9,11-12,14,16-17,19,22-24,26-27,29-32,34-35,38,40,43,56,59H,4,6,8,10,13,15,18,20-21,25,28,33,36-37H2,1-2H3,(H,60,61,62). The van der Waals surface area contributed by atoms with E-state index in [1.165, 1.54) is 78.8 Å².